The molecule has 25 heavy (non-hydrogen) atoms. The normalized spacial score (nSPS) is 46.4. The Balaban J connectivity index is 1.08. The maximum absolute atomic E-state index is 5.93. The standard InChI is InChI=1S/C22H34O3/c1-3-15-5-9-17(10-6-15)21-19(24-21)13-23-14-20-22(25-20)18-11-7-16(4-2)8-12-18/h3-4,15-22H,1-2,5-14H2. The second-order valence-corrected chi connectivity index (χ2v) is 8.64. The quantitative estimate of drug-likeness (QED) is 0.478. The Morgan fingerprint density at radius 1 is 0.680 bits per heavy atom. The molecule has 4 unspecified atom stereocenters. The van der Waals surface area contributed by atoms with Gasteiger partial charge in [0.05, 0.1) is 25.4 Å². The molecule has 3 heteroatoms. The van der Waals surface area contributed by atoms with Gasteiger partial charge in [-0.05, 0) is 75.0 Å². The van der Waals surface area contributed by atoms with E-state index in [0.29, 0.717) is 24.4 Å². The summed E-state index contributed by atoms with van der Waals surface area (Å²) < 4.78 is 17.7. The first-order valence-electron chi connectivity index (χ1n) is 10.4. The summed E-state index contributed by atoms with van der Waals surface area (Å²) in [7, 11) is 0. The van der Waals surface area contributed by atoms with E-state index in [1.165, 1.54) is 51.4 Å². The molecule has 0 N–H and O–H groups in total. The third-order valence-corrected chi connectivity index (χ3v) is 7.04. The Morgan fingerprint density at radius 3 is 1.44 bits per heavy atom. The molecule has 3 nitrogen and oxygen atoms in total. The van der Waals surface area contributed by atoms with Crippen molar-refractivity contribution in [2.75, 3.05) is 13.2 Å². The van der Waals surface area contributed by atoms with Crippen LogP contribution < -0.4 is 0 Å². The summed E-state index contributed by atoms with van der Waals surface area (Å²) >= 11 is 0. The summed E-state index contributed by atoms with van der Waals surface area (Å²) in [4.78, 5) is 0. The minimum absolute atomic E-state index is 0.338. The van der Waals surface area contributed by atoms with Gasteiger partial charge in [-0.3, -0.25) is 0 Å². The van der Waals surface area contributed by atoms with E-state index < -0.39 is 0 Å². The van der Waals surface area contributed by atoms with Gasteiger partial charge < -0.3 is 14.2 Å². The van der Waals surface area contributed by atoms with Gasteiger partial charge in [-0.1, -0.05) is 12.2 Å². The fourth-order valence-corrected chi connectivity index (χ4v) is 5.13. The van der Waals surface area contributed by atoms with E-state index in [0.717, 1.165) is 36.9 Å². The molecule has 2 saturated heterocycles. The summed E-state index contributed by atoms with van der Waals surface area (Å²) in [6, 6.07) is 0. The topological polar surface area (TPSA) is 34.3 Å². The molecule has 0 aromatic rings. The van der Waals surface area contributed by atoms with Crippen LogP contribution in [0, 0.1) is 23.7 Å². The highest BCUT2D eigenvalue weighted by Gasteiger charge is 2.48. The first-order chi connectivity index (χ1) is 12.3. The Labute approximate surface area is 152 Å². The average Bonchev–Trinajstić information content (AvgIpc) is 3.58. The highest BCUT2D eigenvalue weighted by molar-refractivity contribution is 4.97. The van der Waals surface area contributed by atoms with Crippen LogP contribution in [0.15, 0.2) is 25.3 Å². The molecular weight excluding hydrogens is 312 g/mol. The lowest BCUT2D eigenvalue weighted by Crippen LogP contribution is -2.22. The monoisotopic (exact) mass is 346 g/mol. The van der Waals surface area contributed by atoms with Crippen molar-refractivity contribution in [1.82, 2.24) is 0 Å². The molecule has 2 aliphatic carbocycles. The average molecular weight is 347 g/mol. The second kappa shape index (κ2) is 7.94. The van der Waals surface area contributed by atoms with Gasteiger partial charge in [0.25, 0.3) is 0 Å². The number of hydrogen-bond acceptors (Lipinski definition) is 3. The van der Waals surface area contributed by atoms with E-state index in [-0.39, 0.29) is 0 Å². The molecule has 0 bridgehead atoms. The van der Waals surface area contributed by atoms with Crippen molar-refractivity contribution in [2.45, 2.75) is 75.8 Å². The number of epoxide rings is 2. The van der Waals surface area contributed by atoms with Gasteiger partial charge in [0.1, 0.15) is 12.2 Å². The van der Waals surface area contributed by atoms with Crippen LogP contribution in [0.2, 0.25) is 0 Å². The molecule has 0 aromatic carbocycles. The molecule has 4 aliphatic rings. The summed E-state index contributed by atoms with van der Waals surface area (Å²) in [5, 5.41) is 0. The Hall–Kier alpha value is -0.640. The van der Waals surface area contributed by atoms with Crippen LogP contribution in [-0.4, -0.2) is 37.6 Å². The van der Waals surface area contributed by atoms with Gasteiger partial charge >= 0.3 is 0 Å². The van der Waals surface area contributed by atoms with Crippen LogP contribution in [0.1, 0.15) is 51.4 Å². The maximum Gasteiger partial charge on any atom is 0.108 e. The van der Waals surface area contributed by atoms with Gasteiger partial charge in [-0.2, -0.15) is 0 Å². The van der Waals surface area contributed by atoms with Gasteiger partial charge in [0, 0.05) is 0 Å². The lowest BCUT2D eigenvalue weighted by Gasteiger charge is -2.25. The molecule has 4 atom stereocenters. The second-order valence-electron chi connectivity index (χ2n) is 8.64. The molecular formula is C22H34O3. The zero-order valence-electron chi connectivity index (χ0n) is 15.5. The molecule has 2 aliphatic heterocycles. The van der Waals surface area contributed by atoms with E-state index in [2.05, 4.69) is 25.3 Å². The van der Waals surface area contributed by atoms with Crippen molar-refractivity contribution in [3.8, 4) is 0 Å². The van der Waals surface area contributed by atoms with Gasteiger partial charge in [-0.15, -0.1) is 13.2 Å². The first kappa shape index (κ1) is 17.8. The summed E-state index contributed by atoms with van der Waals surface area (Å²) in [6.45, 7) is 9.36. The van der Waals surface area contributed by atoms with Gasteiger partial charge in [0.2, 0.25) is 0 Å². The molecule has 0 spiro atoms. The Kier molecular flexibility index (Phi) is 5.64. The number of rotatable bonds is 8. The van der Waals surface area contributed by atoms with Crippen LogP contribution >= 0.6 is 0 Å². The van der Waals surface area contributed by atoms with E-state index in [1.807, 2.05) is 0 Å². The minimum atomic E-state index is 0.338. The molecule has 4 rings (SSSR count). The molecule has 140 valence electrons. The fraction of sp³-hybridized carbons (Fsp3) is 0.818. The van der Waals surface area contributed by atoms with E-state index >= 15 is 0 Å². The summed E-state index contributed by atoms with van der Waals surface area (Å²) in [5.74, 6) is 2.95. The van der Waals surface area contributed by atoms with E-state index in [9.17, 15) is 0 Å². The number of allylic oxidation sites excluding steroid dienone is 2. The molecule has 2 heterocycles. The van der Waals surface area contributed by atoms with Crippen molar-refractivity contribution in [2.24, 2.45) is 23.7 Å². The van der Waals surface area contributed by atoms with Gasteiger partial charge in [-0.25, -0.2) is 0 Å². The molecule has 2 saturated carbocycles. The third kappa shape index (κ3) is 4.37. The maximum atomic E-state index is 5.93. The van der Waals surface area contributed by atoms with Crippen LogP contribution in [0.4, 0.5) is 0 Å². The molecule has 4 fully saturated rings. The van der Waals surface area contributed by atoms with E-state index in [1.54, 1.807) is 0 Å². The van der Waals surface area contributed by atoms with E-state index in [4.69, 9.17) is 14.2 Å². The van der Waals surface area contributed by atoms with Crippen LogP contribution in [-0.2, 0) is 14.2 Å². The van der Waals surface area contributed by atoms with Crippen molar-refractivity contribution in [3.05, 3.63) is 25.3 Å². The third-order valence-electron chi connectivity index (χ3n) is 7.04. The largest absolute Gasteiger partial charge is 0.376 e. The highest BCUT2D eigenvalue weighted by atomic mass is 16.6. The Morgan fingerprint density at radius 2 is 1.08 bits per heavy atom. The lowest BCUT2D eigenvalue weighted by molar-refractivity contribution is 0.101. The molecule has 0 amide bonds. The van der Waals surface area contributed by atoms with Crippen molar-refractivity contribution >= 4 is 0 Å². The predicted molar refractivity (Wildman–Crippen MR) is 99.4 cm³/mol. The first-order valence-corrected chi connectivity index (χ1v) is 10.4. The minimum Gasteiger partial charge on any atom is -0.376 e. The number of ether oxygens (including phenoxy) is 3. The van der Waals surface area contributed by atoms with Gasteiger partial charge in [0.15, 0.2) is 0 Å². The smallest absolute Gasteiger partial charge is 0.108 e. The van der Waals surface area contributed by atoms with Crippen molar-refractivity contribution < 1.29 is 14.2 Å². The lowest BCUT2D eigenvalue weighted by atomic mass is 9.80. The highest BCUT2D eigenvalue weighted by Crippen LogP contribution is 2.42. The van der Waals surface area contributed by atoms with Crippen molar-refractivity contribution in [1.29, 1.82) is 0 Å². The molecule has 0 aromatic heterocycles. The fourth-order valence-electron chi connectivity index (χ4n) is 5.13. The number of hydrogen-bond donors (Lipinski definition) is 0. The van der Waals surface area contributed by atoms with Crippen LogP contribution in [0.25, 0.3) is 0 Å². The summed E-state index contributed by atoms with van der Waals surface area (Å²) in [5.41, 5.74) is 0. The summed E-state index contributed by atoms with van der Waals surface area (Å²) in [6.07, 6.45) is 16.1. The van der Waals surface area contributed by atoms with Crippen molar-refractivity contribution in [3.63, 3.8) is 0 Å². The SMILES string of the molecule is C=CC1CCC(C2OC2COCC2OC2C2CCC(C=C)CC2)CC1. The zero-order chi connectivity index (χ0) is 17.2. The van der Waals surface area contributed by atoms with Crippen LogP contribution in [0.3, 0.4) is 0 Å². The zero-order valence-corrected chi connectivity index (χ0v) is 15.5. The Bertz CT molecular complexity index is 418. The molecule has 0 radical (unpaired) electrons. The van der Waals surface area contributed by atoms with Crippen LogP contribution in [0.5, 0.6) is 0 Å². The predicted octanol–water partition coefficient (Wildman–Crippen LogP) is 4.52.